The molecule has 3 N–H and O–H groups in total. The molecule has 2 unspecified atom stereocenters. The zero-order valence-corrected chi connectivity index (χ0v) is 15.8. The van der Waals surface area contributed by atoms with Crippen molar-refractivity contribution in [1.82, 2.24) is 10.6 Å². The van der Waals surface area contributed by atoms with E-state index >= 15 is 0 Å². The van der Waals surface area contributed by atoms with E-state index in [4.69, 9.17) is 40.2 Å². The molecule has 3 rings (SSSR count). The summed E-state index contributed by atoms with van der Waals surface area (Å²) in [5.74, 6) is -0.260. The van der Waals surface area contributed by atoms with Crippen LogP contribution in [0.15, 0.2) is 29.5 Å². The maximum atomic E-state index is 12.8. The van der Waals surface area contributed by atoms with Crippen LogP contribution < -0.4 is 10.6 Å². The van der Waals surface area contributed by atoms with Crippen LogP contribution in [0, 0.1) is 5.92 Å². The normalized spacial score (nSPS) is 21.4. The van der Waals surface area contributed by atoms with E-state index in [1.165, 1.54) is 0 Å². The SMILES string of the molecule is CC1=C(C(=O)OC(c2ccc(Cl)cc2Cl)C2CC2)C(CO)NC(=S)N1. The monoisotopic (exact) mass is 400 g/mol. The number of benzene rings is 1. The molecule has 0 spiro atoms. The number of allylic oxidation sites excluding steroid dienone is 1. The Morgan fingerprint density at radius 1 is 1.44 bits per heavy atom. The highest BCUT2D eigenvalue weighted by Gasteiger charge is 2.38. The molecule has 1 aliphatic heterocycles. The summed E-state index contributed by atoms with van der Waals surface area (Å²) in [4.78, 5) is 12.8. The number of carbonyl (C=O) groups excluding carboxylic acids is 1. The Kier molecular flexibility index (Phi) is 5.53. The number of nitrogens with one attached hydrogen (secondary N) is 2. The number of rotatable bonds is 5. The molecular weight excluding hydrogens is 383 g/mol. The Morgan fingerprint density at radius 3 is 2.76 bits per heavy atom. The quantitative estimate of drug-likeness (QED) is 0.521. The van der Waals surface area contributed by atoms with Crippen molar-refractivity contribution in [2.45, 2.75) is 31.9 Å². The van der Waals surface area contributed by atoms with Crippen molar-refractivity contribution < 1.29 is 14.6 Å². The summed E-state index contributed by atoms with van der Waals surface area (Å²) in [7, 11) is 0. The fourth-order valence-electron chi connectivity index (χ4n) is 2.92. The van der Waals surface area contributed by atoms with Gasteiger partial charge in [0.05, 0.1) is 18.2 Å². The first-order valence-electron chi connectivity index (χ1n) is 7.95. The highest BCUT2D eigenvalue weighted by atomic mass is 35.5. The van der Waals surface area contributed by atoms with E-state index in [0.29, 0.717) is 26.4 Å². The van der Waals surface area contributed by atoms with Crippen LogP contribution in [0.3, 0.4) is 0 Å². The van der Waals surface area contributed by atoms with Gasteiger partial charge in [0.25, 0.3) is 0 Å². The van der Waals surface area contributed by atoms with Crippen molar-refractivity contribution in [1.29, 1.82) is 0 Å². The Labute approximate surface area is 161 Å². The minimum absolute atomic E-state index is 0.238. The number of halogens is 2. The Hall–Kier alpha value is -1.34. The van der Waals surface area contributed by atoms with Gasteiger partial charge < -0.3 is 20.5 Å². The topological polar surface area (TPSA) is 70.6 Å². The summed E-state index contributed by atoms with van der Waals surface area (Å²) < 4.78 is 5.80. The van der Waals surface area contributed by atoms with Gasteiger partial charge in [0.1, 0.15) is 6.10 Å². The molecular formula is C17H18Cl2N2O3S. The molecule has 8 heteroatoms. The summed E-state index contributed by atoms with van der Waals surface area (Å²) in [6, 6.07) is 4.57. The van der Waals surface area contributed by atoms with Gasteiger partial charge in [-0.25, -0.2) is 4.79 Å². The van der Waals surface area contributed by atoms with Gasteiger partial charge in [0.2, 0.25) is 0 Å². The first kappa shape index (κ1) is 18.5. The minimum atomic E-state index is -0.596. The molecule has 1 heterocycles. The lowest BCUT2D eigenvalue weighted by Crippen LogP contribution is -2.51. The first-order chi connectivity index (χ1) is 11.9. The number of hydrogen-bond donors (Lipinski definition) is 3. The second kappa shape index (κ2) is 7.50. The van der Waals surface area contributed by atoms with Crippen LogP contribution in [0.25, 0.3) is 0 Å². The van der Waals surface area contributed by atoms with Gasteiger partial charge >= 0.3 is 5.97 Å². The predicted molar refractivity (Wildman–Crippen MR) is 100 cm³/mol. The number of ether oxygens (including phenoxy) is 1. The average Bonchev–Trinajstić information content (AvgIpc) is 3.37. The number of thiocarbonyl (C=S) groups is 1. The Morgan fingerprint density at radius 2 is 2.16 bits per heavy atom. The molecule has 1 aliphatic carbocycles. The zero-order chi connectivity index (χ0) is 18.1. The predicted octanol–water partition coefficient (Wildman–Crippen LogP) is 3.10. The van der Waals surface area contributed by atoms with E-state index in [1.54, 1.807) is 25.1 Å². The highest BCUT2D eigenvalue weighted by molar-refractivity contribution is 7.80. The Bertz CT molecular complexity index is 749. The van der Waals surface area contributed by atoms with Crippen LogP contribution in [-0.4, -0.2) is 28.8 Å². The third kappa shape index (κ3) is 4.08. The summed E-state index contributed by atoms with van der Waals surface area (Å²) >= 11 is 17.3. The van der Waals surface area contributed by atoms with Crippen LogP contribution in [0.5, 0.6) is 0 Å². The molecule has 5 nitrogen and oxygen atoms in total. The lowest BCUT2D eigenvalue weighted by Gasteiger charge is -2.29. The molecule has 2 atom stereocenters. The van der Waals surface area contributed by atoms with Crippen LogP contribution in [0.1, 0.15) is 31.4 Å². The Balaban J connectivity index is 1.86. The molecule has 0 aromatic heterocycles. The van der Waals surface area contributed by atoms with E-state index in [2.05, 4.69) is 10.6 Å². The van der Waals surface area contributed by atoms with Gasteiger partial charge in [-0.15, -0.1) is 0 Å². The molecule has 1 fully saturated rings. The molecule has 134 valence electrons. The van der Waals surface area contributed by atoms with Crippen molar-refractivity contribution in [3.63, 3.8) is 0 Å². The minimum Gasteiger partial charge on any atom is -0.454 e. The number of hydrogen-bond acceptors (Lipinski definition) is 4. The number of esters is 1. The van der Waals surface area contributed by atoms with Gasteiger partial charge in [0.15, 0.2) is 5.11 Å². The van der Waals surface area contributed by atoms with E-state index in [0.717, 1.165) is 18.4 Å². The highest BCUT2D eigenvalue weighted by Crippen LogP contribution is 2.46. The number of carbonyl (C=O) groups is 1. The molecule has 0 saturated heterocycles. The summed E-state index contributed by atoms with van der Waals surface area (Å²) in [5.41, 5.74) is 1.66. The standard InChI is InChI=1S/C17H18Cl2N2O3S/c1-8-14(13(7-22)21-17(25)20-8)16(23)24-15(9-2-3-9)11-5-4-10(18)6-12(11)19/h4-6,9,13,15,22H,2-3,7H2,1H3,(H2,20,21,25). The molecule has 0 bridgehead atoms. The fourth-order valence-corrected chi connectivity index (χ4v) is 3.73. The second-order valence-corrected chi connectivity index (χ2v) is 7.45. The van der Waals surface area contributed by atoms with E-state index in [-0.39, 0.29) is 12.5 Å². The van der Waals surface area contributed by atoms with Crippen molar-refractivity contribution in [2.75, 3.05) is 6.61 Å². The van der Waals surface area contributed by atoms with Crippen LogP contribution in [0.2, 0.25) is 10.0 Å². The maximum Gasteiger partial charge on any atom is 0.338 e. The first-order valence-corrected chi connectivity index (χ1v) is 9.12. The average molecular weight is 401 g/mol. The molecule has 1 saturated carbocycles. The molecule has 0 radical (unpaired) electrons. The number of aliphatic hydroxyl groups excluding tert-OH is 1. The van der Waals surface area contributed by atoms with Gasteiger partial charge in [0, 0.05) is 27.2 Å². The van der Waals surface area contributed by atoms with E-state index in [1.807, 2.05) is 0 Å². The summed E-state index contributed by atoms with van der Waals surface area (Å²) in [5, 5.41) is 16.7. The van der Waals surface area contributed by atoms with Crippen LogP contribution >= 0.6 is 35.4 Å². The third-order valence-electron chi connectivity index (χ3n) is 4.31. The molecule has 1 aromatic carbocycles. The van der Waals surface area contributed by atoms with Crippen molar-refractivity contribution in [3.05, 3.63) is 45.1 Å². The molecule has 0 amide bonds. The van der Waals surface area contributed by atoms with Gasteiger partial charge in [-0.1, -0.05) is 29.3 Å². The van der Waals surface area contributed by atoms with E-state index < -0.39 is 18.1 Å². The smallest absolute Gasteiger partial charge is 0.338 e. The number of aliphatic hydroxyl groups is 1. The molecule has 1 aromatic rings. The maximum absolute atomic E-state index is 12.8. The van der Waals surface area contributed by atoms with Crippen molar-refractivity contribution >= 4 is 46.5 Å². The zero-order valence-electron chi connectivity index (χ0n) is 13.5. The van der Waals surface area contributed by atoms with E-state index in [9.17, 15) is 9.90 Å². The van der Waals surface area contributed by atoms with Crippen LogP contribution in [0.4, 0.5) is 0 Å². The molecule has 2 aliphatic rings. The van der Waals surface area contributed by atoms with Gasteiger partial charge in [-0.3, -0.25) is 0 Å². The second-order valence-electron chi connectivity index (χ2n) is 6.20. The van der Waals surface area contributed by atoms with Crippen molar-refractivity contribution in [3.8, 4) is 0 Å². The van der Waals surface area contributed by atoms with Crippen LogP contribution in [-0.2, 0) is 9.53 Å². The van der Waals surface area contributed by atoms with Crippen molar-refractivity contribution in [2.24, 2.45) is 5.92 Å². The molecule has 25 heavy (non-hydrogen) atoms. The summed E-state index contributed by atoms with van der Waals surface area (Å²) in [6.07, 6.45) is 1.50. The lowest BCUT2D eigenvalue weighted by molar-refractivity contribution is -0.146. The summed E-state index contributed by atoms with van der Waals surface area (Å²) in [6.45, 7) is 1.47. The third-order valence-corrected chi connectivity index (χ3v) is 5.10. The van der Waals surface area contributed by atoms with Gasteiger partial charge in [-0.05, 0) is 44.1 Å². The fraction of sp³-hybridized carbons (Fsp3) is 0.412. The lowest BCUT2D eigenvalue weighted by atomic mass is 10.0. The van der Waals surface area contributed by atoms with Gasteiger partial charge in [-0.2, -0.15) is 0 Å². The largest absolute Gasteiger partial charge is 0.454 e.